The summed E-state index contributed by atoms with van der Waals surface area (Å²) in [5.41, 5.74) is 3.53. The molecule has 3 heteroatoms. The van der Waals surface area contributed by atoms with Gasteiger partial charge in [-0.25, -0.2) is 0 Å². The molecule has 0 aliphatic rings. The van der Waals surface area contributed by atoms with Crippen LogP contribution >= 0.6 is 11.6 Å². The summed E-state index contributed by atoms with van der Waals surface area (Å²) in [7, 11) is 1.95. The Kier molecular flexibility index (Phi) is 4.34. The Bertz CT molecular complexity index is 508. The molecule has 0 amide bonds. The van der Waals surface area contributed by atoms with E-state index in [1.807, 2.05) is 43.6 Å². The molecule has 2 nitrogen and oxygen atoms in total. The smallest absolute Gasteiger partial charge is 0.0751 e. The van der Waals surface area contributed by atoms with E-state index < -0.39 is 0 Å². The van der Waals surface area contributed by atoms with E-state index in [4.69, 9.17) is 11.6 Å². The number of aromatic nitrogens is 1. The molecular formula is C15H17ClN2. The number of pyridine rings is 1. The van der Waals surface area contributed by atoms with Crippen LogP contribution in [0, 0.1) is 0 Å². The predicted molar refractivity (Wildman–Crippen MR) is 76.0 cm³/mol. The highest BCUT2D eigenvalue weighted by Crippen LogP contribution is 2.24. The fraction of sp³-hybridized carbons (Fsp3) is 0.267. The maximum atomic E-state index is 5.93. The highest BCUT2D eigenvalue weighted by atomic mass is 35.5. The van der Waals surface area contributed by atoms with E-state index in [1.54, 1.807) is 0 Å². The summed E-state index contributed by atoms with van der Waals surface area (Å²) in [4.78, 5) is 4.52. The molecule has 0 spiro atoms. The van der Waals surface area contributed by atoms with Crippen LogP contribution in [0.1, 0.15) is 29.8 Å². The highest BCUT2D eigenvalue weighted by molar-refractivity contribution is 6.30. The second-order valence-electron chi connectivity index (χ2n) is 4.17. The van der Waals surface area contributed by atoms with Crippen LogP contribution in [0.3, 0.4) is 0 Å². The SMILES string of the molecule is CCc1cccnc1C(NC)c1ccc(Cl)cc1. The average Bonchev–Trinajstić information content (AvgIpc) is 2.42. The number of nitrogens with one attached hydrogen (secondary N) is 1. The minimum Gasteiger partial charge on any atom is -0.308 e. The minimum atomic E-state index is 0.110. The summed E-state index contributed by atoms with van der Waals surface area (Å²) in [6.45, 7) is 2.15. The number of rotatable bonds is 4. The Balaban J connectivity index is 2.41. The molecule has 1 unspecified atom stereocenters. The number of halogens is 1. The van der Waals surface area contributed by atoms with Crippen molar-refractivity contribution in [2.45, 2.75) is 19.4 Å². The van der Waals surface area contributed by atoms with Crippen LogP contribution in [0.5, 0.6) is 0 Å². The molecule has 0 fully saturated rings. The molecule has 0 aliphatic heterocycles. The van der Waals surface area contributed by atoms with Gasteiger partial charge in [-0.05, 0) is 42.8 Å². The van der Waals surface area contributed by atoms with Gasteiger partial charge in [-0.3, -0.25) is 4.98 Å². The van der Waals surface area contributed by atoms with Crippen LogP contribution in [-0.4, -0.2) is 12.0 Å². The van der Waals surface area contributed by atoms with Crippen molar-refractivity contribution < 1.29 is 0 Å². The van der Waals surface area contributed by atoms with Crippen molar-refractivity contribution >= 4 is 11.6 Å². The first-order valence-electron chi connectivity index (χ1n) is 6.12. The summed E-state index contributed by atoms with van der Waals surface area (Å²) in [5.74, 6) is 0. The van der Waals surface area contributed by atoms with Crippen LogP contribution < -0.4 is 5.32 Å². The van der Waals surface area contributed by atoms with Crippen molar-refractivity contribution in [2.24, 2.45) is 0 Å². The minimum absolute atomic E-state index is 0.110. The monoisotopic (exact) mass is 260 g/mol. The van der Waals surface area contributed by atoms with E-state index in [0.29, 0.717) is 0 Å². The maximum absolute atomic E-state index is 5.93. The molecule has 94 valence electrons. The molecule has 2 aromatic rings. The van der Waals surface area contributed by atoms with Gasteiger partial charge in [-0.1, -0.05) is 36.7 Å². The highest BCUT2D eigenvalue weighted by Gasteiger charge is 2.15. The van der Waals surface area contributed by atoms with Gasteiger partial charge in [0, 0.05) is 11.2 Å². The summed E-state index contributed by atoms with van der Waals surface area (Å²) in [5, 5.41) is 4.08. The first-order chi connectivity index (χ1) is 8.76. The van der Waals surface area contributed by atoms with E-state index in [9.17, 15) is 0 Å². The molecular weight excluding hydrogens is 244 g/mol. The van der Waals surface area contributed by atoms with Crippen LogP contribution in [0.15, 0.2) is 42.6 Å². The summed E-state index contributed by atoms with van der Waals surface area (Å²) in [6, 6.07) is 12.1. The Morgan fingerprint density at radius 1 is 1.22 bits per heavy atom. The first kappa shape index (κ1) is 13.1. The molecule has 0 radical (unpaired) electrons. The van der Waals surface area contributed by atoms with Gasteiger partial charge in [0.15, 0.2) is 0 Å². The van der Waals surface area contributed by atoms with Gasteiger partial charge in [-0.2, -0.15) is 0 Å². The normalized spacial score (nSPS) is 12.4. The van der Waals surface area contributed by atoms with E-state index >= 15 is 0 Å². The number of benzene rings is 1. The molecule has 1 aromatic heterocycles. The van der Waals surface area contributed by atoms with Crippen LogP contribution in [-0.2, 0) is 6.42 Å². The number of aryl methyl sites for hydroxylation is 1. The van der Waals surface area contributed by atoms with Gasteiger partial charge in [0.05, 0.1) is 11.7 Å². The summed E-state index contributed by atoms with van der Waals surface area (Å²) >= 11 is 5.93. The van der Waals surface area contributed by atoms with E-state index in [-0.39, 0.29) is 6.04 Å². The van der Waals surface area contributed by atoms with Gasteiger partial charge in [0.25, 0.3) is 0 Å². The quantitative estimate of drug-likeness (QED) is 0.909. The van der Waals surface area contributed by atoms with Crippen molar-refractivity contribution in [2.75, 3.05) is 7.05 Å². The third-order valence-corrected chi connectivity index (χ3v) is 3.32. The molecule has 2 rings (SSSR count). The molecule has 0 saturated heterocycles. The molecule has 18 heavy (non-hydrogen) atoms. The van der Waals surface area contributed by atoms with Crippen molar-refractivity contribution in [1.82, 2.24) is 10.3 Å². The second-order valence-corrected chi connectivity index (χ2v) is 4.61. The van der Waals surface area contributed by atoms with Gasteiger partial charge in [0.1, 0.15) is 0 Å². The largest absolute Gasteiger partial charge is 0.308 e. The zero-order valence-corrected chi connectivity index (χ0v) is 11.4. The first-order valence-corrected chi connectivity index (χ1v) is 6.50. The standard InChI is InChI=1S/C15H17ClN2/c1-3-11-5-4-10-18-15(11)14(17-2)12-6-8-13(16)9-7-12/h4-10,14,17H,3H2,1-2H3. The van der Waals surface area contributed by atoms with Crippen molar-refractivity contribution in [3.63, 3.8) is 0 Å². The number of nitrogens with zero attached hydrogens (tertiary/aromatic N) is 1. The second kappa shape index (κ2) is 5.98. The molecule has 0 bridgehead atoms. The zero-order chi connectivity index (χ0) is 13.0. The molecule has 0 saturated carbocycles. The predicted octanol–water partition coefficient (Wildman–Crippen LogP) is 3.61. The lowest BCUT2D eigenvalue weighted by molar-refractivity contribution is 0.662. The van der Waals surface area contributed by atoms with E-state index in [2.05, 4.69) is 23.3 Å². The number of hydrogen-bond donors (Lipinski definition) is 1. The van der Waals surface area contributed by atoms with Gasteiger partial charge in [-0.15, -0.1) is 0 Å². The molecule has 1 aromatic carbocycles. The van der Waals surface area contributed by atoms with Crippen molar-refractivity contribution in [3.8, 4) is 0 Å². The van der Waals surface area contributed by atoms with Crippen molar-refractivity contribution in [3.05, 3.63) is 64.4 Å². The van der Waals surface area contributed by atoms with Gasteiger partial charge in [0.2, 0.25) is 0 Å². The molecule has 0 aliphatic carbocycles. The Hall–Kier alpha value is -1.38. The third-order valence-electron chi connectivity index (χ3n) is 3.07. The van der Waals surface area contributed by atoms with E-state index in [0.717, 1.165) is 17.1 Å². The fourth-order valence-electron chi connectivity index (χ4n) is 2.13. The summed E-state index contributed by atoms with van der Waals surface area (Å²) in [6.07, 6.45) is 2.82. The van der Waals surface area contributed by atoms with Crippen molar-refractivity contribution in [1.29, 1.82) is 0 Å². The topological polar surface area (TPSA) is 24.9 Å². The van der Waals surface area contributed by atoms with Gasteiger partial charge < -0.3 is 5.32 Å². The molecule has 1 heterocycles. The van der Waals surface area contributed by atoms with Crippen LogP contribution in [0.4, 0.5) is 0 Å². The average molecular weight is 261 g/mol. The maximum Gasteiger partial charge on any atom is 0.0751 e. The van der Waals surface area contributed by atoms with Crippen LogP contribution in [0.25, 0.3) is 0 Å². The van der Waals surface area contributed by atoms with E-state index in [1.165, 1.54) is 11.1 Å². The van der Waals surface area contributed by atoms with Crippen LogP contribution in [0.2, 0.25) is 5.02 Å². The summed E-state index contributed by atoms with van der Waals surface area (Å²) < 4.78 is 0. The molecule has 1 N–H and O–H groups in total. The third kappa shape index (κ3) is 2.71. The Labute approximate surface area is 113 Å². The zero-order valence-electron chi connectivity index (χ0n) is 10.7. The molecule has 1 atom stereocenters. The Morgan fingerprint density at radius 2 is 1.94 bits per heavy atom. The Morgan fingerprint density at radius 3 is 2.56 bits per heavy atom. The fourth-order valence-corrected chi connectivity index (χ4v) is 2.25. The number of hydrogen-bond acceptors (Lipinski definition) is 2. The van der Waals surface area contributed by atoms with Gasteiger partial charge >= 0.3 is 0 Å². The lowest BCUT2D eigenvalue weighted by Gasteiger charge is -2.19. The lowest BCUT2D eigenvalue weighted by atomic mass is 9.98. The lowest BCUT2D eigenvalue weighted by Crippen LogP contribution is -2.20.